The molecule has 21 heavy (non-hydrogen) atoms. The van der Waals surface area contributed by atoms with E-state index in [4.69, 9.17) is 5.73 Å². The van der Waals surface area contributed by atoms with Gasteiger partial charge in [0.25, 0.3) is 5.91 Å². The number of benzene rings is 1. The summed E-state index contributed by atoms with van der Waals surface area (Å²) >= 11 is 0. The number of amides is 2. The standard InChI is InChI=1S/C16H19N3O2/c1-18-15(20)14-8-4-10-19(14)16(21)13-7-2-5-12(11-13)6-3-9-17/h2,5,7,11,14H,4,8-10,17H2,1H3,(H,18,20). The molecule has 0 aliphatic carbocycles. The fourth-order valence-corrected chi connectivity index (χ4v) is 2.50. The molecular formula is C16H19N3O2. The lowest BCUT2D eigenvalue weighted by atomic mass is 10.1. The lowest BCUT2D eigenvalue weighted by Gasteiger charge is -2.23. The van der Waals surface area contributed by atoms with E-state index in [0.29, 0.717) is 18.5 Å². The summed E-state index contributed by atoms with van der Waals surface area (Å²) < 4.78 is 0. The third-order valence-electron chi connectivity index (χ3n) is 3.51. The lowest BCUT2D eigenvalue weighted by Crippen LogP contribution is -2.44. The maximum Gasteiger partial charge on any atom is 0.254 e. The van der Waals surface area contributed by atoms with E-state index in [1.165, 1.54) is 0 Å². The van der Waals surface area contributed by atoms with Crippen molar-refractivity contribution in [3.8, 4) is 11.8 Å². The van der Waals surface area contributed by atoms with Crippen LogP contribution in [-0.2, 0) is 4.79 Å². The molecule has 0 aromatic heterocycles. The topological polar surface area (TPSA) is 75.4 Å². The van der Waals surface area contributed by atoms with Crippen LogP contribution in [-0.4, -0.2) is 42.9 Å². The first-order chi connectivity index (χ1) is 10.2. The van der Waals surface area contributed by atoms with Gasteiger partial charge in [-0.15, -0.1) is 0 Å². The minimum Gasteiger partial charge on any atom is -0.357 e. The molecule has 1 aliphatic rings. The molecule has 0 saturated carbocycles. The third kappa shape index (κ3) is 3.41. The summed E-state index contributed by atoms with van der Waals surface area (Å²) in [5.41, 5.74) is 6.65. The maximum atomic E-state index is 12.6. The molecular weight excluding hydrogens is 266 g/mol. The molecule has 2 rings (SSSR count). The van der Waals surface area contributed by atoms with Crippen molar-refractivity contribution in [2.75, 3.05) is 20.1 Å². The molecule has 1 fully saturated rings. The largest absolute Gasteiger partial charge is 0.357 e. The molecule has 0 spiro atoms. The van der Waals surface area contributed by atoms with Gasteiger partial charge in [0.05, 0.1) is 6.54 Å². The quantitative estimate of drug-likeness (QED) is 0.770. The van der Waals surface area contributed by atoms with Crippen LogP contribution in [0.2, 0.25) is 0 Å². The Kier molecular flexibility index (Phi) is 4.96. The van der Waals surface area contributed by atoms with Crippen molar-refractivity contribution >= 4 is 11.8 Å². The van der Waals surface area contributed by atoms with E-state index in [-0.39, 0.29) is 24.4 Å². The highest BCUT2D eigenvalue weighted by molar-refractivity contribution is 5.98. The van der Waals surface area contributed by atoms with Crippen LogP contribution in [0.25, 0.3) is 0 Å². The molecule has 1 heterocycles. The Bertz CT molecular complexity index is 601. The van der Waals surface area contributed by atoms with Gasteiger partial charge in [0.1, 0.15) is 6.04 Å². The first-order valence-corrected chi connectivity index (χ1v) is 6.99. The van der Waals surface area contributed by atoms with Gasteiger partial charge in [-0.2, -0.15) is 0 Å². The van der Waals surface area contributed by atoms with Crippen LogP contribution in [0.15, 0.2) is 24.3 Å². The van der Waals surface area contributed by atoms with E-state index < -0.39 is 0 Å². The minimum absolute atomic E-state index is 0.111. The monoisotopic (exact) mass is 285 g/mol. The number of likely N-dealkylation sites (N-methyl/N-ethyl adjacent to an activating group) is 1. The van der Waals surface area contributed by atoms with Crippen molar-refractivity contribution in [3.05, 3.63) is 35.4 Å². The Morgan fingerprint density at radius 3 is 3.00 bits per heavy atom. The van der Waals surface area contributed by atoms with Crippen LogP contribution in [0.5, 0.6) is 0 Å². The number of nitrogens with one attached hydrogen (secondary N) is 1. The average molecular weight is 285 g/mol. The second-order valence-corrected chi connectivity index (χ2v) is 4.86. The summed E-state index contributed by atoms with van der Waals surface area (Å²) in [4.78, 5) is 26.0. The number of nitrogens with two attached hydrogens (primary N) is 1. The molecule has 3 N–H and O–H groups in total. The number of nitrogens with zero attached hydrogens (tertiary/aromatic N) is 1. The van der Waals surface area contributed by atoms with Gasteiger partial charge < -0.3 is 16.0 Å². The number of carbonyl (C=O) groups excluding carboxylic acids is 2. The predicted molar refractivity (Wildman–Crippen MR) is 80.5 cm³/mol. The van der Waals surface area contributed by atoms with E-state index in [0.717, 1.165) is 12.0 Å². The number of hydrogen-bond donors (Lipinski definition) is 2. The first-order valence-electron chi connectivity index (χ1n) is 6.99. The van der Waals surface area contributed by atoms with Gasteiger partial charge in [0, 0.05) is 24.7 Å². The molecule has 1 unspecified atom stereocenters. The minimum atomic E-state index is -0.374. The highest BCUT2D eigenvalue weighted by Gasteiger charge is 2.33. The van der Waals surface area contributed by atoms with Crippen LogP contribution in [0.3, 0.4) is 0 Å². The van der Waals surface area contributed by atoms with Crippen LogP contribution >= 0.6 is 0 Å². The van der Waals surface area contributed by atoms with Gasteiger partial charge in [0.2, 0.25) is 5.91 Å². The molecule has 1 atom stereocenters. The van der Waals surface area contributed by atoms with Gasteiger partial charge in [-0.3, -0.25) is 9.59 Å². The highest BCUT2D eigenvalue weighted by atomic mass is 16.2. The van der Waals surface area contributed by atoms with Crippen LogP contribution < -0.4 is 11.1 Å². The van der Waals surface area contributed by atoms with Crippen LogP contribution in [0.4, 0.5) is 0 Å². The molecule has 5 nitrogen and oxygen atoms in total. The molecule has 0 radical (unpaired) electrons. The van der Waals surface area contributed by atoms with Crippen molar-refractivity contribution in [1.82, 2.24) is 10.2 Å². The Labute approximate surface area is 124 Å². The zero-order valence-electron chi connectivity index (χ0n) is 12.1. The summed E-state index contributed by atoms with van der Waals surface area (Å²) in [6.45, 7) is 0.888. The normalized spacial score (nSPS) is 17.0. The Morgan fingerprint density at radius 1 is 1.48 bits per heavy atom. The van der Waals surface area contributed by atoms with Gasteiger partial charge in [-0.05, 0) is 31.0 Å². The summed E-state index contributed by atoms with van der Waals surface area (Å²) in [5, 5.41) is 2.61. The zero-order chi connectivity index (χ0) is 15.2. The molecule has 110 valence electrons. The zero-order valence-corrected chi connectivity index (χ0v) is 12.1. The van der Waals surface area contributed by atoms with Crippen molar-refractivity contribution in [2.45, 2.75) is 18.9 Å². The number of likely N-dealkylation sites (tertiary alicyclic amines) is 1. The summed E-state index contributed by atoms with van der Waals surface area (Å²) in [7, 11) is 1.59. The highest BCUT2D eigenvalue weighted by Crippen LogP contribution is 2.20. The number of hydrogen-bond acceptors (Lipinski definition) is 3. The van der Waals surface area contributed by atoms with Crippen LogP contribution in [0.1, 0.15) is 28.8 Å². The number of rotatable bonds is 2. The van der Waals surface area contributed by atoms with Crippen molar-refractivity contribution < 1.29 is 9.59 Å². The fraction of sp³-hybridized carbons (Fsp3) is 0.375. The second kappa shape index (κ2) is 6.91. The maximum absolute atomic E-state index is 12.6. The molecule has 1 saturated heterocycles. The Hall–Kier alpha value is -2.32. The molecule has 1 aromatic rings. The van der Waals surface area contributed by atoms with Gasteiger partial charge in [0.15, 0.2) is 0 Å². The summed E-state index contributed by atoms with van der Waals surface area (Å²) in [5.74, 6) is 5.44. The van der Waals surface area contributed by atoms with E-state index in [1.807, 2.05) is 6.07 Å². The molecule has 0 bridgehead atoms. The lowest BCUT2D eigenvalue weighted by molar-refractivity contribution is -0.124. The second-order valence-electron chi connectivity index (χ2n) is 4.86. The smallest absolute Gasteiger partial charge is 0.254 e. The first kappa shape index (κ1) is 15.1. The Morgan fingerprint density at radius 2 is 2.29 bits per heavy atom. The SMILES string of the molecule is CNC(=O)C1CCCN1C(=O)c1cccc(C#CCN)c1. The predicted octanol–water partition coefficient (Wildman–Crippen LogP) is 0.347. The molecule has 2 amide bonds. The van der Waals surface area contributed by atoms with Crippen molar-refractivity contribution in [1.29, 1.82) is 0 Å². The van der Waals surface area contributed by atoms with Gasteiger partial charge in [-0.1, -0.05) is 17.9 Å². The van der Waals surface area contributed by atoms with Gasteiger partial charge in [-0.25, -0.2) is 0 Å². The fourth-order valence-electron chi connectivity index (χ4n) is 2.50. The Balaban J connectivity index is 2.21. The van der Waals surface area contributed by atoms with E-state index in [2.05, 4.69) is 17.2 Å². The van der Waals surface area contributed by atoms with E-state index >= 15 is 0 Å². The summed E-state index contributed by atoms with van der Waals surface area (Å²) in [6.07, 6.45) is 1.55. The van der Waals surface area contributed by atoms with E-state index in [1.54, 1.807) is 30.1 Å². The molecule has 1 aromatic carbocycles. The molecule has 1 aliphatic heterocycles. The van der Waals surface area contributed by atoms with Crippen molar-refractivity contribution in [3.63, 3.8) is 0 Å². The molecule has 5 heteroatoms. The summed E-state index contributed by atoms with van der Waals surface area (Å²) in [6, 6.07) is 6.74. The third-order valence-corrected chi connectivity index (χ3v) is 3.51. The van der Waals surface area contributed by atoms with E-state index in [9.17, 15) is 9.59 Å². The average Bonchev–Trinajstić information content (AvgIpc) is 3.01. The van der Waals surface area contributed by atoms with Crippen molar-refractivity contribution in [2.24, 2.45) is 5.73 Å². The van der Waals surface area contributed by atoms with Gasteiger partial charge >= 0.3 is 0 Å². The number of carbonyl (C=O) groups is 2. The van der Waals surface area contributed by atoms with Crippen LogP contribution in [0, 0.1) is 11.8 Å².